The zero-order chi connectivity index (χ0) is 15.0. The molecule has 0 aliphatic carbocycles. The lowest BCUT2D eigenvalue weighted by molar-refractivity contribution is -0.121. The number of carbonyl (C=O) groups excluding carboxylic acids is 1. The summed E-state index contributed by atoms with van der Waals surface area (Å²) in [6, 6.07) is 6.05. The summed E-state index contributed by atoms with van der Waals surface area (Å²) < 4.78 is 28.6. The molecule has 0 saturated carbocycles. The Hall–Kier alpha value is -1.36. The molecule has 1 N–H and O–H groups in total. The van der Waals surface area contributed by atoms with Crippen LogP contribution < -0.4 is 10.1 Å². The second-order valence-corrected chi connectivity index (χ2v) is 4.76. The van der Waals surface area contributed by atoms with Crippen LogP contribution in [-0.4, -0.2) is 18.4 Å². The van der Waals surface area contributed by atoms with Crippen molar-refractivity contribution in [1.82, 2.24) is 5.32 Å². The second kappa shape index (κ2) is 8.74. The number of rotatable bonds is 8. The van der Waals surface area contributed by atoms with E-state index in [-0.39, 0.29) is 17.7 Å². The molecule has 3 nitrogen and oxygen atoms in total. The molecule has 1 rings (SSSR count). The molecule has 0 spiro atoms. The fourth-order valence-corrected chi connectivity index (χ4v) is 1.93. The van der Waals surface area contributed by atoms with Gasteiger partial charge in [0.15, 0.2) is 0 Å². The van der Waals surface area contributed by atoms with Crippen molar-refractivity contribution in [2.45, 2.75) is 38.8 Å². The predicted molar refractivity (Wildman–Crippen MR) is 74.2 cm³/mol. The number of amides is 1. The standard InChI is InChI=1S/C14H18ClF2NO2/c1-10(18-13(19)7-2-3-8-15)11-5-4-6-12(9-11)20-14(16)17/h4-6,9-10,14H,2-3,7-8H2,1H3,(H,18,19). The molecule has 1 aromatic carbocycles. The molecule has 0 fully saturated rings. The maximum Gasteiger partial charge on any atom is 0.387 e. The van der Waals surface area contributed by atoms with E-state index in [1.165, 1.54) is 12.1 Å². The summed E-state index contributed by atoms with van der Waals surface area (Å²) in [6.07, 6.45) is 1.93. The number of nitrogens with one attached hydrogen (secondary N) is 1. The average molecular weight is 306 g/mol. The molecule has 20 heavy (non-hydrogen) atoms. The van der Waals surface area contributed by atoms with Crippen LogP contribution in [0.5, 0.6) is 5.75 Å². The Labute approximate surface area is 122 Å². The third-order valence-electron chi connectivity index (χ3n) is 2.75. The zero-order valence-corrected chi connectivity index (χ0v) is 12.0. The molecular weight excluding hydrogens is 288 g/mol. The van der Waals surface area contributed by atoms with Gasteiger partial charge in [0.1, 0.15) is 5.75 Å². The van der Waals surface area contributed by atoms with Gasteiger partial charge in [-0.3, -0.25) is 4.79 Å². The highest BCUT2D eigenvalue weighted by atomic mass is 35.5. The van der Waals surface area contributed by atoms with Crippen molar-refractivity contribution in [1.29, 1.82) is 0 Å². The van der Waals surface area contributed by atoms with Gasteiger partial charge in [-0.2, -0.15) is 8.78 Å². The van der Waals surface area contributed by atoms with E-state index in [4.69, 9.17) is 11.6 Å². The number of carbonyl (C=O) groups is 1. The van der Waals surface area contributed by atoms with E-state index in [0.717, 1.165) is 12.8 Å². The maximum atomic E-state index is 12.1. The minimum absolute atomic E-state index is 0.0807. The third-order valence-corrected chi connectivity index (χ3v) is 3.02. The number of hydrogen-bond donors (Lipinski definition) is 1. The van der Waals surface area contributed by atoms with Crippen molar-refractivity contribution in [2.75, 3.05) is 5.88 Å². The first kappa shape index (κ1) is 16.7. The fourth-order valence-electron chi connectivity index (χ4n) is 1.74. The minimum atomic E-state index is -2.86. The van der Waals surface area contributed by atoms with Crippen LogP contribution in [0, 0.1) is 0 Å². The number of hydrogen-bond acceptors (Lipinski definition) is 2. The number of alkyl halides is 3. The largest absolute Gasteiger partial charge is 0.435 e. The molecule has 112 valence electrons. The predicted octanol–water partition coefficient (Wildman–Crippen LogP) is 3.87. The highest BCUT2D eigenvalue weighted by molar-refractivity contribution is 6.17. The van der Waals surface area contributed by atoms with Gasteiger partial charge in [-0.15, -0.1) is 11.6 Å². The van der Waals surface area contributed by atoms with E-state index < -0.39 is 6.61 Å². The Morgan fingerprint density at radius 1 is 1.40 bits per heavy atom. The van der Waals surface area contributed by atoms with E-state index in [2.05, 4.69) is 10.1 Å². The van der Waals surface area contributed by atoms with Gasteiger partial charge in [-0.1, -0.05) is 12.1 Å². The van der Waals surface area contributed by atoms with Gasteiger partial charge in [-0.25, -0.2) is 0 Å². The molecule has 1 unspecified atom stereocenters. The first-order chi connectivity index (χ1) is 9.52. The normalized spacial score (nSPS) is 12.2. The molecule has 1 amide bonds. The maximum absolute atomic E-state index is 12.1. The summed E-state index contributed by atoms with van der Waals surface area (Å²) in [4.78, 5) is 11.7. The molecule has 0 bridgehead atoms. The lowest BCUT2D eigenvalue weighted by Crippen LogP contribution is -2.26. The summed E-state index contributed by atoms with van der Waals surface area (Å²) in [6.45, 7) is -1.06. The zero-order valence-electron chi connectivity index (χ0n) is 11.2. The van der Waals surface area contributed by atoms with Crippen molar-refractivity contribution in [3.8, 4) is 5.75 Å². The van der Waals surface area contributed by atoms with Gasteiger partial charge in [0.2, 0.25) is 5.91 Å². The quantitative estimate of drug-likeness (QED) is 0.585. The van der Waals surface area contributed by atoms with E-state index in [1.54, 1.807) is 19.1 Å². The number of ether oxygens (including phenoxy) is 1. The number of halogens is 3. The van der Waals surface area contributed by atoms with Crippen molar-refractivity contribution in [2.24, 2.45) is 0 Å². The summed E-state index contributed by atoms with van der Waals surface area (Å²) in [5, 5.41) is 2.81. The lowest BCUT2D eigenvalue weighted by atomic mass is 10.1. The van der Waals surface area contributed by atoms with Crippen LogP contribution in [0.4, 0.5) is 8.78 Å². The lowest BCUT2D eigenvalue weighted by Gasteiger charge is -2.15. The van der Waals surface area contributed by atoms with Crippen molar-refractivity contribution in [3.63, 3.8) is 0 Å². The third kappa shape index (κ3) is 6.19. The van der Waals surface area contributed by atoms with Gasteiger partial charge in [0.25, 0.3) is 0 Å². The molecule has 0 saturated heterocycles. The molecule has 0 heterocycles. The molecule has 0 aromatic heterocycles. The van der Waals surface area contributed by atoms with Crippen LogP contribution in [0.1, 0.15) is 37.8 Å². The molecule has 6 heteroatoms. The summed E-state index contributed by atoms with van der Waals surface area (Å²) in [7, 11) is 0. The Kier molecular flexibility index (Phi) is 7.30. The highest BCUT2D eigenvalue weighted by Gasteiger charge is 2.11. The van der Waals surface area contributed by atoms with E-state index in [1.807, 2.05) is 0 Å². The fraction of sp³-hybridized carbons (Fsp3) is 0.500. The number of unbranched alkanes of at least 4 members (excludes halogenated alkanes) is 1. The average Bonchev–Trinajstić information content (AvgIpc) is 2.38. The van der Waals surface area contributed by atoms with Gasteiger partial charge < -0.3 is 10.1 Å². The van der Waals surface area contributed by atoms with Gasteiger partial charge >= 0.3 is 6.61 Å². The number of benzene rings is 1. The molecule has 1 aromatic rings. The SMILES string of the molecule is CC(NC(=O)CCCCCl)c1cccc(OC(F)F)c1. The Morgan fingerprint density at radius 2 is 2.15 bits per heavy atom. The molecule has 0 aliphatic rings. The molecule has 1 atom stereocenters. The van der Waals surface area contributed by atoms with Crippen molar-refractivity contribution < 1.29 is 18.3 Å². The summed E-state index contributed by atoms with van der Waals surface area (Å²) in [5.74, 6) is 0.541. The van der Waals surface area contributed by atoms with E-state index in [9.17, 15) is 13.6 Å². The first-order valence-corrected chi connectivity index (χ1v) is 6.96. The molecule has 0 aliphatic heterocycles. The van der Waals surface area contributed by atoms with Gasteiger partial charge in [0, 0.05) is 12.3 Å². The van der Waals surface area contributed by atoms with E-state index >= 15 is 0 Å². The van der Waals surface area contributed by atoms with Crippen LogP contribution in [0.2, 0.25) is 0 Å². The van der Waals surface area contributed by atoms with Crippen LogP contribution in [-0.2, 0) is 4.79 Å². The van der Waals surface area contributed by atoms with Crippen LogP contribution in [0.15, 0.2) is 24.3 Å². The van der Waals surface area contributed by atoms with Crippen LogP contribution >= 0.6 is 11.6 Å². The second-order valence-electron chi connectivity index (χ2n) is 4.39. The molecular formula is C14H18ClF2NO2. The van der Waals surface area contributed by atoms with Crippen molar-refractivity contribution >= 4 is 17.5 Å². The van der Waals surface area contributed by atoms with Crippen LogP contribution in [0.3, 0.4) is 0 Å². The van der Waals surface area contributed by atoms with E-state index in [0.29, 0.717) is 17.9 Å². The Bertz CT molecular complexity index is 429. The van der Waals surface area contributed by atoms with Gasteiger partial charge in [0.05, 0.1) is 6.04 Å². The monoisotopic (exact) mass is 305 g/mol. The summed E-state index contributed by atoms with van der Waals surface area (Å²) >= 11 is 5.54. The summed E-state index contributed by atoms with van der Waals surface area (Å²) in [5.41, 5.74) is 0.717. The van der Waals surface area contributed by atoms with Gasteiger partial charge in [-0.05, 0) is 37.5 Å². The smallest absolute Gasteiger partial charge is 0.387 e. The first-order valence-electron chi connectivity index (χ1n) is 6.43. The molecule has 0 radical (unpaired) electrons. The minimum Gasteiger partial charge on any atom is -0.435 e. The highest BCUT2D eigenvalue weighted by Crippen LogP contribution is 2.20. The topological polar surface area (TPSA) is 38.3 Å². The Balaban J connectivity index is 2.54. The van der Waals surface area contributed by atoms with Crippen molar-refractivity contribution in [3.05, 3.63) is 29.8 Å². The van der Waals surface area contributed by atoms with Crippen LogP contribution in [0.25, 0.3) is 0 Å². The Morgan fingerprint density at radius 3 is 2.80 bits per heavy atom.